The van der Waals surface area contributed by atoms with E-state index in [0.29, 0.717) is 17.9 Å². The van der Waals surface area contributed by atoms with Gasteiger partial charge >= 0.3 is 0 Å². The van der Waals surface area contributed by atoms with Gasteiger partial charge in [-0.05, 0) is 46.0 Å². The molecule has 3 rings (SSSR count). The molecule has 134 valence electrons. The Labute approximate surface area is 148 Å². The van der Waals surface area contributed by atoms with Gasteiger partial charge in [0.05, 0.1) is 11.3 Å². The fourth-order valence-corrected chi connectivity index (χ4v) is 3.19. The molecule has 0 spiro atoms. The summed E-state index contributed by atoms with van der Waals surface area (Å²) >= 11 is 0. The standard InChI is InChI=1S/C19H25N3O3/c1-13-11-21(4)8-9-22(13)19(23)16-6-5-7-17(10-16)24-12-18-14(2)20-25-15(18)3/h5-7,10,13H,8-9,11-12H2,1-4H3. The summed E-state index contributed by atoms with van der Waals surface area (Å²) < 4.78 is 11.0. The molecule has 6 nitrogen and oxygen atoms in total. The van der Waals surface area contributed by atoms with Crippen molar-refractivity contribution in [1.29, 1.82) is 0 Å². The molecule has 1 atom stereocenters. The minimum Gasteiger partial charge on any atom is -0.489 e. The van der Waals surface area contributed by atoms with Crippen LogP contribution in [0.1, 0.15) is 34.3 Å². The predicted molar refractivity (Wildman–Crippen MR) is 94.7 cm³/mol. The van der Waals surface area contributed by atoms with Gasteiger partial charge in [-0.3, -0.25) is 4.79 Å². The second-order valence-corrected chi connectivity index (χ2v) is 6.73. The van der Waals surface area contributed by atoms with E-state index in [2.05, 4.69) is 24.0 Å². The Balaban J connectivity index is 1.70. The number of carbonyl (C=O) groups excluding carboxylic acids is 1. The van der Waals surface area contributed by atoms with E-state index in [1.54, 1.807) is 0 Å². The lowest BCUT2D eigenvalue weighted by atomic mass is 10.1. The molecule has 0 saturated carbocycles. The van der Waals surface area contributed by atoms with E-state index in [4.69, 9.17) is 9.26 Å². The van der Waals surface area contributed by atoms with Gasteiger partial charge in [-0.1, -0.05) is 11.2 Å². The molecule has 0 aliphatic carbocycles. The van der Waals surface area contributed by atoms with Crippen molar-refractivity contribution in [3.8, 4) is 5.75 Å². The Kier molecular flexibility index (Phi) is 5.08. The first-order valence-corrected chi connectivity index (χ1v) is 8.60. The van der Waals surface area contributed by atoms with Crippen LogP contribution in [-0.4, -0.2) is 53.6 Å². The monoisotopic (exact) mass is 343 g/mol. The van der Waals surface area contributed by atoms with Crippen LogP contribution < -0.4 is 4.74 Å². The van der Waals surface area contributed by atoms with E-state index in [1.165, 1.54) is 0 Å². The highest BCUT2D eigenvalue weighted by Gasteiger charge is 2.26. The number of amides is 1. The summed E-state index contributed by atoms with van der Waals surface area (Å²) in [5.41, 5.74) is 2.44. The zero-order chi connectivity index (χ0) is 18.0. The van der Waals surface area contributed by atoms with Crippen molar-refractivity contribution >= 4 is 5.91 Å². The minimum absolute atomic E-state index is 0.0587. The first-order chi connectivity index (χ1) is 12.0. The Morgan fingerprint density at radius 2 is 2.16 bits per heavy atom. The van der Waals surface area contributed by atoms with E-state index in [0.717, 1.165) is 36.7 Å². The van der Waals surface area contributed by atoms with Gasteiger partial charge in [0.1, 0.15) is 18.1 Å². The van der Waals surface area contributed by atoms with E-state index >= 15 is 0 Å². The van der Waals surface area contributed by atoms with E-state index in [-0.39, 0.29) is 11.9 Å². The smallest absolute Gasteiger partial charge is 0.254 e. The fourth-order valence-electron chi connectivity index (χ4n) is 3.19. The van der Waals surface area contributed by atoms with Crippen LogP contribution in [-0.2, 0) is 6.61 Å². The molecule has 2 aromatic rings. The molecule has 1 amide bonds. The summed E-state index contributed by atoms with van der Waals surface area (Å²) in [4.78, 5) is 17.0. The molecule has 1 aliphatic rings. The molecule has 1 fully saturated rings. The highest BCUT2D eigenvalue weighted by Crippen LogP contribution is 2.20. The molecular weight excluding hydrogens is 318 g/mol. The molecule has 1 saturated heterocycles. The molecule has 0 radical (unpaired) electrons. The maximum Gasteiger partial charge on any atom is 0.254 e. The third-order valence-electron chi connectivity index (χ3n) is 4.74. The van der Waals surface area contributed by atoms with Gasteiger partial charge in [-0.25, -0.2) is 0 Å². The largest absolute Gasteiger partial charge is 0.489 e. The van der Waals surface area contributed by atoms with Crippen molar-refractivity contribution in [3.63, 3.8) is 0 Å². The lowest BCUT2D eigenvalue weighted by molar-refractivity contribution is 0.0533. The first kappa shape index (κ1) is 17.5. The van der Waals surface area contributed by atoms with E-state index in [1.807, 2.05) is 43.0 Å². The number of hydrogen-bond acceptors (Lipinski definition) is 5. The molecule has 0 N–H and O–H groups in total. The molecule has 1 unspecified atom stereocenters. The number of carbonyl (C=O) groups is 1. The third kappa shape index (κ3) is 3.85. The maximum atomic E-state index is 12.8. The van der Waals surface area contributed by atoms with Gasteiger partial charge in [-0.15, -0.1) is 0 Å². The zero-order valence-electron chi connectivity index (χ0n) is 15.3. The third-order valence-corrected chi connectivity index (χ3v) is 4.74. The number of ether oxygens (including phenoxy) is 1. The van der Waals surface area contributed by atoms with Crippen LogP contribution in [0.4, 0.5) is 0 Å². The Hall–Kier alpha value is -2.34. The van der Waals surface area contributed by atoms with Gasteiger partial charge in [-0.2, -0.15) is 0 Å². The van der Waals surface area contributed by atoms with Crippen LogP contribution in [0.25, 0.3) is 0 Å². The van der Waals surface area contributed by atoms with Crippen molar-refractivity contribution in [3.05, 3.63) is 46.8 Å². The second-order valence-electron chi connectivity index (χ2n) is 6.73. The second kappa shape index (κ2) is 7.27. The number of aryl methyl sites for hydroxylation is 2. The van der Waals surface area contributed by atoms with Crippen LogP contribution in [0.15, 0.2) is 28.8 Å². The molecule has 1 aromatic carbocycles. The average Bonchev–Trinajstić information content (AvgIpc) is 2.91. The van der Waals surface area contributed by atoms with Crippen LogP contribution in [0.2, 0.25) is 0 Å². The van der Waals surface area contributed by atoms with Crippen LogP contribution in [0, 0.1) is 13.8 Å². The molecule has 2 heterocycles. The number of hydrogen-bond donors (Lipinski definition) is 0. The van der Waals surface area contributed by atoms with Crippen molar-refractivity contribution in [1.82, 2.24) is 15.0 Å². The van der Waals surface area contributed by atoms with E-state index < -0.39 is 0 Å². The average molecular weight is 343 g/mol. The lowest BCUT2D eigenvalue weighted by Crippen LogP contribution is -2.52. The quantitative estimate of drug-likeness (QED) is 0.854. The zero-order valence-corrected chi connectivity index (χ0v) is 15.3. The van der Waals surface area contributed by atoms with Crippen LogP contribution in [0.5, 0.6) is 5.75 Å². The summed E-state index contributed by atoms with van der Waals surface area (Å²) in [6.45, 7) is 8.78. The lowest BCUT2D eigenvalue weighted by Gasteiger charge is -2.38. The summed E-state index contributed by atoms with van der Waals surface area (Å²) in [5.74, 6) is 1.49. The van der Waals surface area contributed by atoms with Gasteiger partial charge in [0.15, 0.2) is 0 Å². The summed E-state index contributed by atoms with van der Waals surface area (Å²) in [6, 6.07) is 7.58. The van der Waals surface area contributed by atoms with Gasteiger partial charge < -0.3 is 19.1 Å². The predicted octanol–water partition coefficient (Wildman–Crippen LogP) is 2.65. The molecule has 6 heteroatoms. The summed E-state index contributed by atoms with van der Waals surface area (Å²) in [5, 5.41) is 3.93. The molecule has 1 aromatic heterocycles. The molecule has 25 heavy (non-hydrogen) atoms. The topological polar surface area (TPSA) is 58.8 Å². The number of piperazine rings is 1. The molecule has 0 bridgehead atoms. The highest BCUT2D eigenvalue weighted by atomic mass is 16.5. The number of nitrogens with zero attached hydrogens (tertiary/aromatic N) is 3. The van der Waals surface area contributed by atoms with Crippen molar-refractivity contribution in [2.24, 2.45) is 0 Å². The number of likely N-dealkylation sites (N-methyl/N-ethyl adjacent to an activating group) is 1. The van der Waals surface area contributed by atoms with Crippen molar-refractivity contribution in [2.45, 2.75) is 33.4 Å². The number of aromatic nitrogens is 1. The SMILES string of the molecule is Cc1noc(C)c1COc1cccc(C(=O)N2CCN(C)CC2C)c1. The summed E-state index contributed by atoms with van der Waals surface area (Å²) in [7, 11) is 2.08. The number of benzene rings is 1. The normalized spacial score (nSPS) is 18.4. The minimum atomic E-state index is 0.0587. The maximum absolute atomic E-state index is 12.8. The Morgan fingerprint density at radius 3 is 2.84 bits per heavy atom. The van der Waals surface area contributed by atoms with Gasteiger partial charge in [0, 0.05) is 31.2 Å². The molecule has 1 aliphatic heterocycles. The van der Waals surface area contributed by atoms with E-state index in [9.17, 15) is 4.79 Å². The van der Waals surface area contributed by atoms with Crippen molar-refractivity contribution in [2.75, 3.05) is 26.7 Å². The Morgan fingerprint density at radius 1 is 1.36 bits per heavy atom. The van der Waals surface area contributed by atoms with Gasteiger partial charge in [0.2, 0.25) is 0 Å². The van der Waals surface area contributed by atoms with Crippen molar-refractivity contribution < 1.29 is 14.1 Å². The Bertz CT molecular complexity index is 737. The number of rotatable bonds is 4. The van der Waals surface area contributed by atoms with Crippen LogP contribution >= 0.6 is 0 Å². The highest BCUT2D eigenvalue weighted by molar-refractivity contribution is 5.94. The summed E-state index contributed by atoms with van der Waals surface area (Å²) in [6.07, 6.45) is 0. The van der Waals surface area contributed by atoms with Crippen LogP contribution in [0.3, 0.4) is 0 Å². The first-order valence-electron chi connectivity index (χ1n) is 8.60. The fraction of sp³-hybridized carbons (Fsp3) is 0.474. The molecular formula is C19H25N3O3. The van der Waals surface area contributed by atoms with Gasteiger partial charge in [0.25, 0.3) is 5.91 Å².